The maximum Gasteiger partial charge on any atom is 0.221 e. The SMILES string of the molecule is CC(=O)Nc1ccc(CN[C@@H](C)c2ccccc2)cc1. The molecule has 0 saturated heterocycles. The highest BCUT2D eigenvalue weighted by molar-refractivity contribution is 5.88. The number of nitrogens with one attached hydrogen (secondary N) is 2. The molecule has 104 valence electrons. The zero-order chi connectivity index (χ0) is 14.4. The number of rotatable bonds is 5. The van der Waals surface area contributed by atoms with Crippen LogP contribution in [-0.2, 0) is 11.3 Å². The molecule has 0 aliphatic heterocycles. The predicted molar refractivity (Wildman–Crippen MR) is 82.4 cm³/mol. The van der Waals surface area contributed by atoms with E-state index in [1.165, 1.54) is 18.1 Å². The summed E-state index contributed by atoms with van der Waals surface area (Å²) in [5.74, 6) is -0.0476. The van der Waals surface area contributed by atoms with Gasteiger partial charge >= 0.3 is 0 Å². The molecule has 20 heavy (non-hydrogen) atoms. The number of carbonyl (C=O) groups is 1. The first kappa shape index (κ1) is 14.3. The first-order valence-electron chi connectivity index (χ1n) is 6.80. The van der Waals surface area contributed by atoms with Crippen molar-refractivity contribution >= 4 is 11.6 Å². The quantitative estimate of drug-likeness (QED) is 0.871. The molecule has 0 aliphatic rings. The van der Waals surface area contributed by atoms with Crippen LogP contribution in [0.1, 0.15) is 31.0 Å². The van der Waals surface area contributed by atoms with Gasteiger partial charge in [-0.25, -0.2) is 0 Å². The summed E-state index contributed by atoms with van der Waals surface area (Å²) in [7, 11) is 0. The molecule has 1 amide bonds. The summed E-state index contributed by atoms with van der Waals surface area (Å²) in [4.78, 5) is 10.9. The minimum atomic E-state index is -0.0476. The van der Waals surface area contributed by atoms with E-state index in [4.69, 9.17) is 0 Å². The van der Waals surface area contributed by atoms with Gasteiger partial charge in [-0.3, -0.25) is 4.79 Å². The van der Waals surface area contributed by atoms with Crippen molar-refractivity contribution in [3.05, 3.63) is 65.7 Å². The highest BCUT2D eigenvalue weighted by Gasteiger charge is 2.04. The van der Waals surface area contributed by atoms with Gasteiger partial charge in [0.15, 0.2) is 0 Å². The molecule has 2 rings (SSSR count). The molecule has 0 unspecified atom stereocenters. The van der Waals surface area contributed by atoms with E-state index in [-0.39, 0.29) is 5.91 Å². The van der Waals surface area contributed by atoms with Gasteiger partial charge in [0.25, 0.3) is 0 Å². The summed E-state index contributed by atoms with van der Waals surface area (Å²) >= 11 is 0. The Morgan fingerprint density at radius 1 is 1.05 bits per heavy atom. The zero-order valence-corrected chi connectivity index (χ0v) is 11.9. The van der Waals surface area contributed by atoms with E-state index in [0.29, 0.717) is 6.04 Å². The fraction of sp³-hybridized carbons (Fsp3) is 0.235. The molecular formula is C17H20N2O. The zero-order valence-electron chi connectivity index (χ0n) is 11.9. The summed E-state index contributed by atoms with van der Waals surface area (Å²) in [6.07, 6.45) is 0. The Morgan fingerprint density at radius 2 is 1.70 bits per heavy atom. The van der Waals surface area contributed by atoms with Gasteiger partial charge in [0.1, 0.15) is 0 Å². The van der Waals surface area contributed by atoms with Gasteiger partial charge in [-0.1, -0.05) is 42.5 Å². The third-order valence-electron chi connectivity index (χ3n) is 3.19. The molecule has 3 heteroatoms. The summed E-state index contributed by atoms with van der Waals surface area (Å²) in [5, 5.41) is 6.25. The van der Waals surface area contributed by atoms with Gasteiger partial charge in [0, 0.05) is 25.2 Å². The normalized spacial score (nSPS) is 11.9. The fourth-order valence-corrected chi connectivity index (χ4v) is 2.04. The molecule has 2 aromatic rings. The molecule has 1 atom stereocenters. The monoisotopic (exact) mass is 268 g/mol. The van der Waals surface area contributed by atoms with Crippen molar-refractivity contribution in [3.8, 4) is 0 Å². The molecule has 0 heterocycles. The lowest BCUT2D eigenvalue weighted by atomic mass is 10.1. The van der Waals surface area contributed by atoms with Gasteiger partial charge in [0.2, 0.25) is 5.91 Å². The molecule has 2 aromatic carbocycles. The average molecular weight is 268 g/mol. The lowest BCUT2D eigenvalue weighted by Gasteiger charge is -2.14. The third kappa shape index (κ3) is 4.21. The van der Waals surface area contributed by atoms with E-state index in [0.717, 1.165) is 12.2 Å². The highest BCUT2D eigenvalue weighted by Crippen LogP contribution is 2.13. The van der Waals surface area contributed by atoms with E-state index in [9.17, 15) is 4.79 Å². The van der Waals surface area contributed by atoms with Crippen LogP contribution in [-0.4, -0.2) is 5.91 Å². The molecule has 0 aromatic heterocycles. The Hall–Kier alpha value is -2.13. The Balaban J connectivity index is 1.89. The highest BCUT2D eigenvalue weighted by atomic mass is 16.1. The maximum atomic E-state index is 10.9. The van der Waals surface area contributed by atoms with Crippen molar-refractivity contribution in [2.45, 2.75) is 26.4 Å². The summed E-state index contributed by atoms with van der Waals surface area (Å²) in [5.41, 5.74) is 3.31. The first-order chi connectivity index (χ1) is 9.65. The number of hydrogen-bond acceptors (Lipinski definition) is 2. The number of carbonyl (C=O) groups excluding carboxylic acids is 1. The maximum absolute atomic E-state index is 10.9. The van der Waals surface area contributed by atoms with E-state index in [2.05, 4.69) is 41.8 Å². The fourth-order valence-electron chi connectivity index (χ4n) is 2.04. The second-order valence-electron chi connectivity index (χ2n) is 4.89. The number of amides is 1. The van der Waals surface area contributed by atoms with Crippen LogP contribution < -0.4 is 10.6 Å². The largest absolute Gasteiger partial charge is 0.326 e. The Kier molecular flexibility index (Phi) is 4.91. The second-order valence-corrected chi connectivity index (χ2v) is 4.89. The smallest absolute Gasteiger partial charge is 0.221 e. The van der Waals surface area contributed by atoms with Crippen LogP contribution in [0.2, 0.25) is 0 Å². The number of benzene rings is 2. The van der Waals surface area contributed by atoms with Crippen LogP contribution in [0.25, 0.3) is 0 Å². The van der Waals surface area contributed by atoms with E-state index in [1.54, 1.807) is 0 Å². The molecule has 0 spiro atoms. The van der Waals surface area contributed by atoms with Gasteiger partial charge in [0.05, 0.1) is 0 Å². The minimum absolute atomic E-state index is 0.0476. The molecule has 0 saturated carbocycles. The Morgan fingerprint density at radius 3 is 2.30 bits per heavy atom. The Bertz CT molecular complexity index is 549. The predicted octanol–water partition coefficient (Wildman–Crippen LogP) is 3.50. The number of anilines is 1. The summed E-state index contributed by atoms with van der Waals surface area (Å²) < 4.78 is 0. The van der Waals surface area contributed by atoms with Crippen molar-refractivity contribution in [2.24, 2.45) is 0 Å². The van der Waals surface area contributed by atoms with Crippen LogP contribution in [0.15, 0.2) is 54.6 Å². The molecule has 2 N–H and O–H groups in total. The standard InChI is InChI=1S/C17H20N2O/c1-13(16-6-4-3-5-7-16)18-12-15-8-10-17(11-9-15)19-14(2)20/h3-11,13,18H,12H2,1-2H3,(H,19,20)/t13-/m0/s1. The van der Waals surface area contributed by atoms with Crippen LogP contribution in [0.5, 0.6) is 0 Å². The average Bonchev–Trinajstić information content (AvgIpc) is 2.46. The van der Waals surface area contributed by atoms with Crippen LogP contribution in [0.3, 0.4) is 0 Å². The summed E-state index contributed by atoms with van der Waals surface area (Å²) in [6.45, 7) is 4.47. The second kappa shape index (κ2) is 6.87. The number of hydrogen-bond donors (Lipinski definition) is 2. The van der Waals surface area contributed by atoms with Crippen molar-refractivity contribution in [3.63, 3.8) is 0 Å². The van der Waals surface area contributed by atoms with Gasteiger partial charge in [-0.05, 0) is 30.2 Å². The molecule has 0 fully saturated rings. The van der Waals surface area contributed by atoms with E-state index >= 15 is 0 Å². The van der Waals surface area contributed by atoms with E-state index < -0.39 is 0 Å². The summed E-state index contributed by atoms with van der Waals surface area (Å²) in [6, 6.07) is 18.6. The van der Waals surface area contributed by atoms with Gasteiger partial charge < -0.3 is 10.6 Å². The molecule has 0 aliphatic carbocycles. The lowest BCUT2D eigenvalue weighted by molar-refractivity contribution is -0.114. The van der Waals surface area contributed by atoms with E-state index in [1.807, 2.05) is 30.3 Å². The molecule has 3 nitrogen and oxygen atoms in total. The van der Waals surface area contributed by atoms with Crippen LogP contribution in [0, 0.1) is 0 Å². The Labute approximate surface area is 120 Å². The van der Waals surface area contributed by atoms with Gasteiger partial charge in [-0.15, -0.1) is 0 Å². The van der Waals surface area contributed by atoms with Crippen LogP contribution >= 0.6 is 0 Å². The van der Waals surface area contributed by atoms with Crippen molar-refractivity contribution < 1.29 is 4.79 Å². The van der Waals surface area contributed by atoms with Crippen molar-refractivity contribution in [1.29, 1.82) is 0 Å². The third-order valence-corrected chi connectivity index (χ3v) is 3.19. The van der Waals surface area contributed by atoms with Crippen molar-refractivity contribution in [2.75, 3.05) is 5.32 Å². The van der Waals surface area contributed by atoms with Crippen molar-refractivity contribution in [1.82, 2.24) is 5.32 Å². The first-order valence-corrected chi connectivity index (χ1v) is 6.80. The topological polar surface area (TPSA) is 41.1 Å². The van der Waals surface area contributed by atoms with Gasteiger partial charge in [-0.2, -0.15) is 0 Å². The lowest BCUT2D eigenvalue weighted by Crippen LogP contribution is -2.18. The van der Waals surface area contributed by atoms with Crippen LogP contribution in [0.4, 0.5) is 5.69 Å². The molecular weight excluding hydrogens is 248 g/mol. The molecule has 0 radical (unpaired) electrons. The molecule has 0 bridgehead atoms. The minimum Gasteiger partial charge on any atom is -0.326 e.